The minimum Gasteiger partial charge on any atom is -0.494 e. The van der Waals surface area contributed by atoms with Crippen molar-refractivity contribution in [1.29, 1.82) is 0 Å². The fourth-order valence-electron chi connectivity index (χ4n) is 2.06. The lowest BCUT2D eigenvalue weighted by atomic mass is 10.2. The van der Waals surface area contributed by atoms with Crippen LogP contribution < -0.4 is 10.5 Å². The zero-order chi connectivity index (χ0) is 16.1. The van der Waals surface area contributed by atoms with Gasteiger partial charge in [-0.15, -0.1) is 11.3 Å². The number of para-hydroxylation sites is 1. The van der Waals surface area contributed by atoms with E-state index < -0.39 is 5.91 Å². The molecule has 0 atom stereocenters. The van der Waals surface area contributed by atoms with Gasteiger partial charge in [-0.2, -0.15) is 0 Å². The molecule has 1 aromatic heterocycles. The number of hydrogen-bond donors (Lipinski definition) is 1. The van der Waals surface area contributed by atoms with Crippen LogP contribution in [0.4, 0.5) is 0 Å². The van der Waals surface area contributed by atoms with Crippen LogP contribution in [0.3, 0.4) is 0 Å². The molecule has 2 N–H and O–H groups in total. The van der Waals surface area contributed by atoms with E-state index in [4.69, 9.17) is 10.5 Å². The number of thiazole rings is 1. The van der Waals surface area contributed by atoms with Gasteiger partial charge in [-0.05, 0) is 36.8 Å². The third kappa shape index (κ3) is 4.24. The second kappa shape index (κ2) is 7.48. The first kappa shape index (κ1) is 15.8. The highest BCUT2D eigenvalue weighted by atomic mass is 32.2. The predicted molar refractivity (Wildman–Crippen MR) is 95.4 cm³/mol. The summed E-state index contributed by atoms with van der Waals surface area (Å²) >= 11 is 3.46. The lowest BCUT2D eigenvalue weighted by molar-refractivity contribution is 0.1000. The van der Waals surface area contributed by atoms with Crippen LogP contribution in [0.1, 0.15) is 16.8 Å². The van der Waals surface area contributed by atoms with Crippen molar-refractivity contribution in [3.63, 3.8) is 0 Å². The highest BCUT2D eigenvalue weighted by Gasteiger charge is 2.04. The lowest BCUT2D eigenvalue weighted by Gasteiger charge is -2.06. The van der Waals surface area contributed by atoms with E-state index in [2.05, 4.69) is 11.1 Å². The first-order valence-corrected chi connectivity index (χ1v) is 9.03. The third-order valence-electron chi connectivity index (χ3n) is 3.18. The number of carbonyl (C=O) groups excluding carboxylic acids is 1. The van der Waals surface area contributed by atoms with Gasteiger partial charge in [-0.1, -0.05) is 30.0 Å². The van der Waals surface area contributed by atoms with E-state index in [0.717, 1.165) is 22.0 Å². The van der Waals surface area contributed by atoms with Crippen molar-refractivity contribution >= 4 is 39.2 Å². The van der Waals surface area contributed by atoms with E-state index in [0.29, 0.717) is 17.9 Å². The number of benzene rings is 2. The molecule has 0 unspecified atom stereocenters. The van der Waals surface area contributed by atoms with Crippen molar-refractivity contribution in [3.05, 3.63) is 54.1 Å². The van der Waals surface area contributed by atoms with Gasteiger partial charge in [0.05, 0.1) is 16.8 Å². The molecule has 1 heterocycles. The van der Waals surface area contributed by atoms with Gasteiger partial charge < -0.3 is 10.5 Å². The molecule has 3 aromatic rings. The van der Waals surface area contributed by atoms with Crippen LogP contribution >= 0.6 is 23.1 Å². The van der Waals surface area contributed by atoms with Gasteiger partial charge in [0, 0.05) is 11.3 Å². The van der Waals surface area contributed by atoms with Crippen molar-refractivity contribution in [1.82, 2.24) is 4.98 Å². The van der Waals surface area contributed by atoms with E-state index >= 15 is 0 Å². The number of fused-ring (bicyclic) bond motifs is 1. The number of hydrogen-bond acceptors (Lipinski definition) is 5. The normalized spacial score (nSPS) is 10.8. The van der Waals surface area contributed by atoms with E-state index in [1.54, 1.807) is 41.3 Å². The number of aromatic nitrogens is 1. The van der Waals surface area contributed by atoms with Gasteiger partial charge in [0.15, 0.2) is 4.34 Å². The molecule has 4 nitrogen and oxygen atoms in total. The van der Waals surface area contributed by atoms with Crippen LogP contribution in [0.2, 0.25) is 0 Å². The third-order valence-corrected chi connectivity index (χ3v) is 5.44. The Labute approximate surface area is 142 Å². The zero-order valence-corrected chi connectivity index (χ0v) is 14.0. The fraction of sp³-hybridized carbons (Fsp3) is 0.176. The molecule has 0 saturated heterocycles. The van der Waals surface area contributed by atoms with Gasteiger partial charge in [-0.25, -0.2) is 4.98 Å². The molecule has 0 fully saturated rings. The summed E-state index contributed by atoms with van der Waals surface area (Å²) in [5.74, 6) is 1.17. The quantitative estimate of drug-likeness (QED) is 0.520. The Kier molecular flexibility index (Phi) is 5.15. The lowest BCUT2D eigenvalue weighted by Crippen LogP contribution is -2.10. The summed E-state index contributed by atoms with van der Waals surface area (Å²) in [6.45, 7) is 0.597. The second-order valence-electron chi connectivity index (χ2n) is 4.89. The number of rotatable bonds is 7. The topological polar surface area (TPSA) is 65.2 Å². The van der Waals surface area contributed by atoms with E-state index in [1.165, 1.54) is 4.70 Å². The maximum absolute atomic E-state index is 11.1. The molecule has 6 heteroatoms. The molecule has 1 amide bonds. The average Bonchev–Trinajstić information content (AvgIpc) is 2.97. The van der Waals surface area contributed by atoms with Gasteiger partial charge in [0.2, 0.25) is 5.91 Å². The molecule has 0 radical (unpaired) electrons. The molecular weight excluding hydrogens is 328 g/mol. The van der Waals surface area contributed by atoms with Crippen LogP contribution in [-0.4, -0.2) is 23.3 Å². The Balaban J connectivity index is 1.45. The molecular formula is C17H16N2O2S2. The number of thioether (sulfide) groups is 1. The number of nitrogens with two attached hydrogens (primary N) is 1. The summed E-state index contributed by atoms with van der Waals surface area (Å²) in [6, 6.07) is 15.1. The van der Waals surface area contributed by atoms with E-state index in [9.17, 15) is 4.79 Å². The van der Waals surface area contributed by atoms with Gasteiger partial charge in [0.1, 0.15) is 5.75 Å². The number of amides is 1. The molecule has 0 aliphatic heterocycles. The summed E-state index contributed by atoms with van der Waals surface area (Å²) in [5, 5.41) is 0. The average molecular weight is 344 g/mol. The molecule has 0 aliphatic rings. The molecule has 0 aliphatic carbocycles. The van der Waals surface area contributed by atoms with E-state index in [1.807, 2.05) is 24.3 Å². The molecule has 0 saturated carbocycles. The molecule has 23 heavy (non-hydrogen) atoms. The van der Waals surface area contributed by atoms with Crippen molar-refractivity contribution in [3.8, 4) is 5.75 Å². The minimum absolute atomic E-state index is 0.443. The summed E-state index contributed by atoms with van der Waals surface area (Å²) < 4.78 is 7.96. The fourth-order valence-corrected chi connectivity index (χ4v) is 4.11. The van der Waals surface area contributed by atoms with Crippen LogP contribution in [0.5, 0.6) is 5.75 Å². The van der Waals surface area contributed by atoms with Crippen LogP contribution in [0.25, 0.3) is 10.2 Å². The Morgan fingerprint density at radius 2 is 2.09 bits per heavy atom. The van der Waals surface area contributed by atoms with Crippen molar-refractivity contribution in [2.45, 2.75) is 10.8 Å². The van der Waals surface area contributed by atoms with Crippen molar-refractivity contribution < 1.29 is 9.53 Å². The van der Waals surface area contributed by atoms with Crippen LogP contribution in [0, 0.1) is 0 Å². The first-order valence-electron chi connectivity index (χ1n) is 7.23. The van der Waals surface area contributed by atoms with Gasteiger partial charge in [0.25, 0.3) is 0 Å². The molecule has 118 valence electrons. The largest absolute Gasteiger partial charge is 0.494 e. The maximum atomic E-state index is 11.1. The zero-order valence-electron chi connectivity index (χ0n) is 12.4. The Morgan fingerprint density at radius 3 is 2.91 bits per heavy atom. The summed E-state index contributed by atoms with van der Waals surface area (Å²) in [5.41, 5.74) is 6.77. The molecule has 3 rings (SSSR count). The van der Waals surface area contributed by atoms with E-state index in [-0.39, 0.29) is 0 Å². The minimum atomic E-state index is -0.443. The number of ether oxygens (including phenoxy) is 1. The summed E-state index contributed by atoms with van der Waals surface area (Å²) in [6.07, 6.45) is 0.904. The highest BCUT2D eigenvalue weighted by molar-refractivity contribution is 8.01. The summed E-state index contributed by atoms with van der Waals surface area (Å²) in [7, 11) is 0. The summed E-state index contributed by atoms with van der Waals surface area (Å²) in [4.78, 5) is 15.7. The van der Waals surface area contributed by atoms with Gasteiger partial charge >= 0.3 is 0 Å². The smallest absolute Gasteiger partial charge is 0.248 e. The molecule has 0 spiro atoms. The van der Waals surface area contributed by atoms with Crippen LogP contribution in [-0.2, 0) is 0 Å². The Morgan fingerprint density at radius 1 is 1.22 bits per heavy atom. The van der Waals surface area contributed by atoms with Crippen LogP contribution in [0.15, 0.2) is 52.9 Å². The highest BCUT2D eigenvalue weighted by Crippen LogP contribution is 2.29. The number of primary amides is 1. The molecule has 0 bridgehead atoms. The number of carbonyl (C=O) groups is 1. The van der Waals surface area contributed by atoms with Crippen molar-refractivity contribution in [2.75, 3.05) is 12.4 Å². The maximum Gasteiger partial charge on any atom is 0.248 e. The monoisotopic (exact) mass is 344 g/mol. The van der Waals surface area contributed by atoms with Crippen molar-refractivity contribution in [2.24, 2.45) is 5.73 Å². The second-order valence-corrected chi connectivity index (χ2v) is 7.26. The Hall–Kier alpha value is -2.05. The predicted octanol–water partition coefficient (Wildman–Crippen LogP) is 3.96. The SMILES string of the molecule is NC(=O)c1cccc(OCCCSc2nc3ccccc3s2)c1. The first-order chi connectivity index (χ1) is 11.2. The molecule has 2 aromatic carbocycles. The Bertz CT molecular complexity index is 784. The van der Waals surface area contributed by atoms with Gasteiger partial charge in [-0.3, -0.25) is 4.79 Å². The standard InChI is InChI=1S/C17H16N2O2S2/c18-16(20)12-5-3-6-13(11-12)21-9-4-10-22-17-19-14-7-1-2-8-15(14)23-17/h1-3,5-8,11H,4,9-10H2,(H2,18,20). The number of nitrogens with zero attached hydrogens (tertiary/aromatic N) is 1.